The lowest BCUT2D eigenvalue weighted by Gasteiger charge is -2.37. The van der Waals surface area contributed by atoms with Crippen molar-refractivity contribution in [3.8, 4) is 11.3 Å². The van der Waals surface area contributed by atoms with E-state index in [0.717, 1.165) is 56.1 Å². The zero-order chi connectivity index (χ0) is 22.8. The summed E-state index contributed by atoms with van der Waals surface area (Å²) in [5.74, 6) is 2.16. The van der Waals surface area contributed by atoms with Crippen LogP contribution < -0.4 is 5.32 Å². The molecule has 1 saturated heterocycles. The Balaban J connectivity index is 1.27. The second kappa shape index (κ2) is 9.53. The smallest absolute Gasteiger partial charge is 0.273 e. The molecular formula is C26H32N4O3. The predicted octanol–water partition coefficient (Wildman–Crippen LogP) is 3.84. The van der Waals surface area contributed by atoms with Crippen molar-refractivity contribution in [2.45, 2.75) is 38.6 Å². The van der Waals surface area contributed by atoms with Gasteiger partial charge in [-0.2, -0.15) is 0 Å². The number of rotatable bonds is 6. The maximum absolute atomic E-state index is 12.9. The van der Waals surface area contributed by atoms with Crippen molar-refractivity contribution in [3.05, 3.63) is 64.7 Å². The highest BCUT2D eigenvalue weighted by Gasteiger charge is 2.27. The van der Waals surface area contributed by atoms with Crippen LogP contribution in [0.3, 0.4) is 0 Å². The molecule has 7 heteroatoms. The molecule has 1 fully saturated rings. The lowest BCUT2D eigenvalue weighted by Crippen LogP contribution is -2.48. The molecular weight excluding hydrogens is 416 g/mol. The Bertz CT molecular complexity index is 1110. The fourth-order valence-corrected chi connectivity index (χ4v) is 4.86. The Morgan fingerprint density at radius 2 is 1.85 bits per heavy atom. The van der Waals surface area contributed by atoms with Crippen molar-refractivity contribution in [2.75, 3.05) is 39.8 Å². The van der Waals surface area contributed by atoms with E-state index in [1.807, 2.05) is 19.1 Å². The third kappa shape index (κ3) is 4.89. The number of likely N-dealkylation sites (N-methyl/N-ethyl adjacent to an activating group) is 1. The molecule has 1 atom stereocenters. The summed E-state index contributed by atoms with van der Waals surface area (Å²) in [6.07, 6.45) is 4.73. The van der Waals surface area contributed by atoms with Gasteiger partial charge in [-0.3, -0.25) is 9.69 Å². The first-order valence-corrected chi connectivity index (χ1v) is 11.9. The summed E-state index contributed by atoms with van der Waals surface area (Å²) in [4.78, 5) is 17.6. The van der Waals surface area contributed by atoms with Gasteiger partial charge in [-0.15, -0.1) is 0 Å². The second-order valence-corrected chi connectivity index (χ2v) is 9.28. The van der Waals surface area contributed by atoms with E-state index in [1.165, 1.54) is 24.0 Å². The Labute approximate surface area is 194 Å². The van der Waals surface area contributed by atoms with E-state index < -0.39 is 0 Å². The Hall–Kier alpha value is -2.90. The SMILES string of the molecule is Cc1ccc(C(CNC(=O)c2cc(-c3ccc4c(c3)CCCC4)on2)N2CCN(C)CC2)o1. The van der Waals surface area contributed by atoms with E-state index in [9.17, 15) is 4.79 Å². The number of benzene rings is 1. The van der Waals surface area contributed by atoms with Gasteiger partial charge in [0.05, 0.1) is 6.04 Å². The number of fused-ring (bicyclic) bond motifs is 1. The number of carbonyl (C=O) groups is 1. The van der Waals surface area contributed by atoms with Crippen LogP contribution in [-0.2, 0) is 12.8 Å². The molecule has 7 nitrogen and oxygen atoms in total. The summed E-state index contributed by atoms with van der Waals surface area (Å²) in [6, 6.07) is 12.1. The van der Waals surface area contributed by atoms with E-state index in [2.05, 4.69) is 45.5 Å². The average Bonchev–Trinajstić information content (AvgIpc) is 3.50. The fourth-order valence-electron chi connectivity index (χ4n) is 4.86. The standard InChI is InChI=1S/C26H32N4O3/c1-18-7-10-24(32-18)23(30-13-11-29(2)12-14-30)17-27-26(31)22-16-25(33-28-22)21-9-8-19-5-3-4-6-20(19)15-21/h7-10,15-16,23H,3-6,11-14,17H2,1-2H3,(H,27,31). The number of carbonyl (C=O) groups excluding carboxylic acids is 1. The molecule has 33 heavy (non-hydrogen) atoms. The van der Waals surface area contributed by atoms with Crippen molar-refractivity contribution >= 4 is 5.91 Å². The molecule has 5 rings (SSSR count). The zero-order valence-electron chi connectivity index (χ0n) is 19.5. The number of amides is 1. The largest absolute Gasteiger partial charge is 0.465 e. The first-order chi connectivity index (χ1) is 16.1. The number of hydrogen-bond acceptors (Lipinski definition) is 6. The Morgan fingerprint density at radius 1 is 1.06 bits per heavy atom. The molecule has 1 aliphatic heterocycles. The number of piperazine rings is 1. The Morgan fingerprint density at radius 3 is 2.61 bits per heavy atom. The molecule has 2 aliphatic rings. The summed E-state index contributed by atoms with van der Waals surface area (Å²) in [5.41, 5.74) is 4.08. The molecule has 1 amide bonds. The predicted molar refractivity (Wildman–Crippen MR) is 126 cm³/mol. The van der Waals surface area contributed by atoms with Crippen molar-refractivity contribution in [1.29, 1.82) is 0 Å². The van der Waals surface area contributed by atoms with Crippen LogP contribution in [0, 0.1) is 6.92 Å². The summed E-state index contributed by atoms with van der Waals surface area (Å²) in [6.45, 7) is 6.26. The summed E-state index contributed by atoms with van der Waals surface area (Å²) >= 11 is 0. The highest BCUT2D eigenvalue weighted by Crippen LogP contribution is 2.28. The maximum Gasteiger partial charge on any atom is 0.273 e. The molecule has 3 aromatic rings. The third-order valence-corrected chi connectivity index (χ3v) is 6.90. The van der Waals surface area contributed by atoms with Crippen LogP contribution >= 0.6 is 0 Å². The van der Waals surface area contributed by atoms with Crippen LogP contribution in [0.5, 0.6) is 0 Å². The average molecular weight is 449 g/mol. The van der Waals surface area contributed by atoms with Crippen molar-refractivity contribution < 1.29 is 13.7 Å². The first kappa shape index (κ1) is 21.9. The normalized spacial score (nSPS) is 18.1. The minimum absolute atomic E-state index is 0.0108. The highest BCUT2D eigenvalue weighted by atomic mass is 16.5. The molecule has 1 N–H and O–H groups in total. The minimum Gasteiger partial charge on any atom is -0.465 e. The monoisotopic (exact) mass is 448 g/mol. The molecule has 1 aliphatic carbocycles. The molecule has 0 saturated carbocycles. The maximum atomic E-state index is 12.9. The van der Waals surface area contributed by atoms with Gasteiger partial charge < -0.3 is 19.2 Å². The number of furan rings is 1. The topological polar surface area (TPSA) is 74.8 Å². The molecule has 0 spiro atoms. The lowest BCUT2D eigenvalue weighted by atomic mass is 9.90. The van der Waals surface area contributed by atoms with E-state index in [1.54, 1.807) is 6.07 Å². The van der Waals surface area contributed by atoms with Crippen molar-refractivity contribution in [2.24, 2.45) is 0 Å². The van der Waals surface area contributed by atoms with Crippen LogP contribution in [0.2, 0.25) is 0 Å². The molecule has 3 heterocycles. The van der Waals surface area contributed by atoms with Crippen LogP contribution in [-0.4, -0.2) is 60.6 Å². The number of nitrogens with zero attached hydrogens (tertiary/aromatic N) is 3. The highest BCUT2D eigenvalue weighted by molar-refractivity contribution is 5.93. The van der Waals surface area contributed by atoms with Crippen LogP contribution in [0.15, 0.2) is 45.3 Å². The lowest BCUT2D eigenvalue weighted by molar-refractivity contribution is 0.0843. The second-order valence-electron chi connectivity index (χ2n) is 9.28. The van der Waals surface area contributed by atoms with Crippen LogP contribution in [0.25, 0.3) is 11.3 Å². The number of nitrogens with one attached hydrogen (secondary N) is 1. The van der Waals surface area contributed by atoms with Gasteiger partial charge in [0.2, 0.25) is 0 Å². The summed E-state index contributed by atoms with van der Waals surface area (Å²) in [7, 11) is 2.13. The van der Waals surface area contributed by atoms with E-state index in [4.69, 9.17) is 8.94 Å². The van der Waals surface area contributed by atoms with Gasteiger partial charge in [0.1, 0.15) is 11.5 Å². The molecule has 2 aromatic heterocycles. The van der Waals surface area contributed by atoms with Crippen LogP contribution in [0.1, 0.15) is 52.0 Å². The molecule has 174 valence electrons. The summed E-state index contributed by atoms with van der Waals surface area (Å²) in [5, 5.41) is 7.10. The van der Waals surface area contributed by atoms with Gasteiger partial charge in [0, 0.05) is 44.4 Å². The van der Waals surface area contributed by atoms with Gasteiger partial charge in [-0.05, 0) is 69.0 Å². The van der Waals surface area contributed by atoms with Gasteiger partial charge >= 0.3 is 0 Å². The zero-order valence-corrected chi connectivity index (χ0v) is 19.5. The molecule has 0 bridgehead atoms. The first-order valence-electron chi connectivity index (χ1n) is 11.9. The van der Waals surface area contributed by atoms with Gasteiger partial charge in [-0.25, -0.2) is 0 Å². The van der Waals surface area contributed by atoms with E-state index in [-0.39, 0.29) is 11.9 Å². The van der Waals surface area contributed by atoms with Gasteiger partial charge in [0.15, 0.2) is 11.5 Å². The number of aromatic nitrogens is 1. The molecule has 0 radical (unpaired) electrons. The van der Waals surface area contributed by atoms with Crippen molar-refractivity contribution in [1.82, 2.24) is 20.3 Å². The minimum atomic E-state index is -0.231. The fraction of sp³-hybridized carbons (Fsp3) is 0.462. The Kier molecular flexibility index (Phi) is 6.33. The third-order valence-electron chi connectivity index (χ3n) is 6.90. The number of aryl methyl sites for hydroxylation is 3. The number of hydrogen-bond donors (Lipinski definition) is 1. The summed E-state index contributed by atoms with van der Waals surface area (Å²) < 4.78 is 11.5. The van der Waals surface area contributed by atoms with E-state index in [0.29, 0.717) is 18.0 Å². The quantitative estimate of drug-likeness (QED) is 0.618. The van der Waals surface area contributed by atoms with Gasteiger partial charge in [0.25, 0.3) is 5.91 Å². The van der Waals surface area contributed by atoms with Crippen LogP contribution in [0.4, 0.5) is 0 Å². The van der Waals surface area contributed by atoms with Gasteiger partial charge in [-0.1, -0.05) is 17.3 Å². The molecule has 1 aromatic carbocycles. The van der Waals surface area contributed by atoms with Crippen molar-refractivity contribution in [3.63, 3.8) is 0 Å². The van der Waals surface area contributed by atoms with E-state index >= 15 is 0 Å². The molecule has 1 unspecified atom stereocenters.